The van der Waals surface area contributed by atoms with Crippen molar-refractivity contribution in [2.75, 3.05) is 32.1 Å². The van der Waals surface area contributed by atoms with Crippen molar-refractivity contribution >= 4 is 21.6 Å². The molecule has 1 aromatic carbocycles. The maximum Gasteiger partial charge on any atom is 0.135 e. The summed E-state index contributed by atoms with van der Waals surface area (Å²) in [6.45, 7) is 2.18. The smallest absolute Gasteiger partial charge is 0.135 e. The van der Waals surface area contributed by atoms with Crippen LogP contribution >= 0.6 is 15.9 Å². The third kappa shape index (κ3) is 2.33. The summed E-state index contributed by atoms with van der Waals surface area (Å²) >= 11 is 3.47. The number of benzene rings is 1. The van der Waals surface area contributed by atoms with Gasteiger partial charge in [0.2, 0.25) is 0 Å². The van der Waals surface area contributed by atoms with Crippen molar-refractivity contribution in [3.63, 3.8) is 0 Å². The molecule has 1 unspecified atom stereocenters. The lowest BCUT2D eigenvalue weighted by atomic mass is 10.2. The summed E-state index contributed by atoms with van der Waals surface area (Å²) < 4.78 is 6.31. The Morgan fingerprint density at radius 2 is 2.31 bits per heavy atom. The first kappa shape index (κ1) is 11.7. The van der Waals surface area contributed by atoms with Crippen molar-refractivity contribution in [2.45, 2.75) is 12.5 Å². The molecule has 0 aliphatic carbocycles. The summed E-state index contributed by atoms with van der Waals surface area (Å²) in [5.41, 5.74) is 1.23. The average molecular weight is 285 g/mol. The standard InChI is InChI=1S/C12H17BrN2O/c1-14-9-5-6-15(8-9)10-3-4-11(13)12(7-10)16-2/h3-4,7,9,14H,5-6,8H2,1-2H3. The van der Waals surface area contributed by atoms with Gasteiger partial charge >= 0.3 is 0 Å². The van der Waals surface area contributed by atoms with E-state index in [9.17, 15) is 0 Å². The van der Waals surface area contributed by atoms with Crippen molar-refractivity contribution in [1.29, 1.82) is 0 Å². The van der Waals surface area contributed by atoms with Gasteiger partial charge in [0.15, 0.2) is 0 Å². The van der Waals surface area contributed by atoms with Crippen molar-refractivity contribution in [2.24, 2.45) is 0 Å². The second-order valence-corrected chi connectivity index (χ2v) is 4.89. The average Bonchev–Trinajstić information content (AvgIpc) is 2.78. The molecule has 0 aromatic heterocycles. The van der Waals surface area contributed by atoms with Gasteiger partial charge in [-0.2, -0.15) is 0 Å². The second-order valence-electron chi connectivity index (χ2n) is 4.04. The quantitative estimate of drug-likeness (QED) is 0.922. The highest BCUT2D eigenvalue weighted by atomic mass is 79.9. The molecule has 0 spiro atoms. The maximum atomic E-state index is 5.31. The minimum Gasteiger partial charge on any atom is -0.495 e. The topological polar surface area (TPSA) is 24.5 Å². The number of nitrogens with one attached hydrogen (secondary N) is 1. The molecule has 1 fully saturated rings. The van der Waals surface area contributed by atoms with Crippen LogP contribution in [-0.4, -0.2) is 33.3 Å². The Kier molecular flexibility index (Phi) is 3.71. The highest BCUT2D eigenvalue weighted by Gasteiger charge is 2.21. The van der Waals surface area contributed by atoms with E-state index in [1.165, 1.54) is 12.1 Å². The predicted octanol–water partition coefficient (Wildman–Crippen LogP) is 2.26. The van der Waals surface area contributed by atoms with Crippen LogP contribution in [0.15, 0.2) is 22.7 Å². The van der Waals surface area contributed by atoms with Gasteiger partial charge in [-0.25, -0.2) is 0 Å². The molecule has 1 saturated heterocycles. The van der Waals surface area contributed by atoms with Gasteiger partial charge in [-0.1, -0.05) is 0 Å². The van der Waals surface area contributed by atoms with Gasteiger partial charge in [-0.05, 0) is 41.5 Å². The zero-order valence-electron chi connectivity index (χ0n) is 9.66. The van der Waals surface area contributed by atoms with E-state index in [0.29, 0.717) is 6.04 Å². The highest BCUT2D eigenvalue weighted by Crippen LogP contribution is 2.31. The van der Waals surface area contributed by atoms with Crippen molar-refractivity contribution in [3.05, 3.63) is 22.7 Å². The van der Waals surface area contributed by atoms with E-state index in [1.54, 1.807) is 7.11 Å². The fourth-order valence-electron chi connectivity index (χ4n) is 2.08. The van der Waals surface area contributed by atoms with Gasteiger partial charge < -0.3 is 15.0 Å². The van der Waals surface area contributed by atoms with Crippen LogP contribution in [-0.2, 0) is 0 Å². The molecule has 16 heavy (non-hydrogen) atoms. The number of methoxy groups -OCH3 is 1. The van der Waals surface area contributed by atoms with Crippen LogP contribution in [0.2, 0.25) is 0 Å². The molecule has 1 aliphatic rings. The van der Waals surface area contributed by atoms with Crippen LogP contribution in [0.3, 0.4) is 0 Å². The fourth-order valence-corrected chi connectivity index (χ4v) is 2.48. The van der Waals surface area contributed by atoms with Crippen LogP contribution < -0.4 is 15.0 Å². The minimum atomic E-state index is 0.606. The third-order valence-electron chi connectivity index (χ3n) is 3.10. The van der Waals surface area contributed by atoms with Crippen molar-refractivity contribution < 1.29 is 4.74 Å². The summed E-state index contributed by atoms with van der Waals surface area (Å²) in [5.74, 6) is 0.894. The van der Waals surface area contributed by atoms with Crippen molar-refractivity contribution in [1.82, 2.24) is 5.32 Å². The number of ether oxygens (including phenoxy) is 1. The van der Waals surface area contributed by atoms with E-state index in [1.807, 2.05) is 13.1 Å². The van der Waals surface area contributed by atoms with E-state index >= 15 is 0 Å². The van der Waals surface area contributed by atoms with Gasteiger partial charge in [0, 0.05) is 30.9 Å². The molecule has 0 saturated carbocycles. The van der Waals surface area contributed by atoms with Crippen LogP contribution in [0.4, 0.5) is 5.69 Å². The first-order valence-electron chi connectivity index (χ1n) is 5.50. The summed E-state index contributed by atoms with van der Waals surface area (Å²) in [4.78, 5) is 2.39. The molecule has 1 atom stereocenters. The molecule has 0 radical (unpaired) electrons. The van der Waals surface area contributed by atoms with Crippen LogP contribution in [0.1, 0.15) is 6.42 Å². The molecule has 0 amide bonds. The Bertz CT molecular complexity index is 370. The van der Waals surface area contributed by atoms with Gasteiger partial charge in [-0.15, -0.1) is 0 Å². The molecule has 1 heterocycles. The number of halogens is 1. The first-order valence-corrected chi connectivity index (χ1v) is 6.29. The number of hydrogen-bond donors (Lipinski definition) is 1. The zero-order chi connectivity index (χ0) is 11.5. The molecule has 3 nitrogen and oxygen atoms in total. The normalized spacial score (nSPS) is 20.2. The van der Waals surface area contributed by atoms with E-state index in [2.05, 4.69) is 38.3 Å². The Balaban J connectivity index is 2.15. The van der Waals surface area contributed by atoms with Crippen molar-refractivity contribution in [3.8, 4) is 5.75 Å². The highest BCUT2D eigenvalue weighted by molar-refractivity contribution is 9.10. The fraction of sp³-hybridized carbons (Fsp3) is 0.500. The maximum absolute atomic E-state index is 5.31. The molecule has 88 valence electrons. The molecule has 2 rings (SSSR count). The summed E-state index contributed by atoms with van der Waals surface area (Å²) in [6.07, 6.45) is 1.20. The van der Waals surface area contributed by atoms with E-state index < -0.39 is 0 Å². The minimum absolute atomic E-state index is 0.606. The summed E-state index contributed by atoms with van der Waals surface area (Å²) in [7, 11) is 3.72. The molecule has 4 heteroatoms. The van der Waals surface area contributed by atoms with E-state index in [-0.39, 0.29) is 0 Å². The Morgan fingerprint density at radius 3 is 2.94 bits per heavy atom. The number of nitrogens with zero attached hydrogens (tertiary/aromatic N) is 1. The zero-order valence-corrected chi connectivity index (χ0v) is 11.3. The van der Waals surface area contributed by atoms with Gasteiger partial charge in [0.1, 0.15) is 5.75 Å². The molecular formula is C12H17BrN2O. The monoisotopic (exact) mass is 284 g/mol. The first-order chi connectivity index (χ1) is 7.74. The van der Waals surface area contributed by atoms with E-state index in [4.69, 9.17) is 4.74 Å². The van der Waals surface area contributed by atoms with Gasteiger partial charge in [0.25, 0.3) is 0 Å². The number of hydrogen-bond acceptors (Lipinski definition) is 3. The lowest BCUT2D eigenvalue weighted by Gasteiger charge is -2.19. The van der Waals surface area contributed by atoms with Gasteiger partial charge in [0.05, 0.1) is 11.6 Å². The Labute approximate surface area is 105 Å². The third-order valence-corrected chi connectivity index (χ3v) is 3.75. The van der Waals surface area contributed by atoms with Gasteiger partial charge in [-0.3, -0.25) is 0 Å². The molecule has 1 N–H and O–H groups in total. The Morgan fingerprint density at radius 1 is 1.50 bits per heavy atom. The molecular weight excluding hydrogens is 268 g/mol. The molecule has 1 aromatic rings. The molecule has 1 aliphatic heterocycles. The summed E-state index contributed by atoms with van der Waals surface area (Å²) in [6, 6.07) is 6.86. The van der Waals surface area contributed by atoms with Crippen LogP contribution in [0, 0.1) is 0 Å². The molecule has 0 bridgehead atoms. The number of likely N-dealkylation sites (N-methyl/N-ethyl adjacent to an activating group) is 1. The van der Waals surface area contributed by atoms with Crippen LogP contribution in [0.25, 0.3) is 0 Å². The lowest BCUT2D eigenvalue weighted by Crippen LogP contribution is -2.29. The number of anilines is 1. The largest absolute Gasteiger partial charge is 0.495 e. The summed E-state index contributed by atoms with van der Waals surface area (Å²) in [5, 5.41) is 3.32. The predicted molar refractivity (Wildman–Crippen MR) is 70.4 cm³/mol. The lowest BCUT2D eigenvalue weighted by molar-refractivity contribution is 0.412. The number of rotatable bonds is 3. The SMILES string of the molecule is CNC1CCN(c2ccc(Br)c(OC)c2)C1. The van der Waals surface area contributed by atoms with Crippen LogP contribution in [0.5, 0.6) is 5.75 Å². The van der Waals surface area contributed by atoms with E-state index in [0.717, 1.165) is 23.3 Å². The second kappa shape index (κ2) is 5.06. The Hall–Kier alpha value is -0.740.